The quantitative estimate of drug-likeness (QED) is 0.0547. The Morgan fingerprint density at radius 3 is 2.28 bits per heavy atom. The molecule has 5 aliphatic heterocycles. The summed E-state index contributed by atoms with van der Waals surface area (Å²) in [7, 11) is -2.03. The summed E-state index contributed by atoms with van der Waals surface area (Å²) in [5.41, 5.74) is 2.27. The van der Waals surface area contributed by atoms with Gasteiger partial charge < -0.3 is 32.9 Å². The van der Waals surface area contributed by atoms with Crippen molar-refractivity contribution in [2.75, 3.05) is 0 Å². The lowest BCUT2D eigenvalue weighted by atomic mass is 9.76. The Balaban J connectivity index is 1.20. The zero-order chi connectivity index (χ0) is 44.1. The fourth-order valence-corrected chi connectivity index (χ4v) is 12.1. The van der Waals surface area contributed by atoms with E-state index in [1.165, 1.54) is 0 Å². The van der Waals surface area contributed by atoms with Crippen LogP contribution in [0.15, 0.2) is 34.5 Å². The lowest BCUT2D eigenvalue weighted by molar-refractivity contribution is -0.237. The van der Waals surface area contributed by atoms with Gasteiger partial charge in [0.05, 0.1) is 67.1 Å². The number of fused-ring (bicyclic) bond motifs is 1. The molecular weight excluding hydrogens is 884 g/mol. The van der Waals surface area contributed by atoms with Gasteiger partial charge in [0, 0.05) is 25.7 Å². The van der Waals surface area contributed by atoms with E-state index in [9.17, 15) is 9.59 Å². The lowest BCUT2D eigenvalue weighted by Gasteiger charge is -2.51. The van der Waals surface area contributed by atoms with E-state index in [1.54, 1.807) is 0 Å². The summed E-state index contributed by atoms with van der Waals surface area (Å²) in [6.07, 6.45) is 13.4. The van der Waals surface area contributed by atoms with Gasteiger partial charge in [0.2, 0.25) is 0 Å². The minimum Gasteiger partial charge on any atom is -0.408 e. The first kappa shape index (κ1) is 50.3. The van der Waals surface area contributed by atoms with Gasteiger partial charge in [0.15, 0.2) is 8.32 Å². The minimum atomic E-state index is -2.03. The molecule has 2 unspecified atom stereocenters. The second kappa shape index (κ2) is 22.0. The Labute approximate surface area is 379 Å². The molecule has 5 rings (SSSR count). The molecule has 0 aromatic rings. The summed E-state index contributed by atoms with van der Waals surface area (Å²) in [5.74, 6) is 2.08. The summed E-state index contributed by atoms with van der Waals surface area (Å²) in [4.78, 5) is 25.1. The predicted octanol–water partition coefficient (Wildman–Crippen LogP) is 11.9. The van der Waals surface area contributed by atoms with Crippen LogP contribution >= 0.6 is 22.6 Å². The first-order valence-electron chi connectivity index (χ1n) is 23.8. The first-order chi connectivity index (χ1) is 28.3. The number of carbonyl (C=O) groups excluding carboxylic acids is 2. The van der Waals surface area contributed by atoms with Gasteiger partial charge in [-0.15, -0.1) is 0 Å². The van der Waals surface area contributed by atoms with Crippen molar-refractivity contribution < 1.29 is 37.7 Å². The SMILES string of the molecule is C=C1C[C@H](CCC=O)OC1CC[C@H]1C[C@@H](C)C(=C)C(C[C@@H]2O[C@H](C[C@H](C)CC)[C@H](C)[C@H]2CC(=O)C[C@H]2CC[C@@H]3O[C@@H]([C@H](/C=C/I)O[Si](C)(C)C(C)(C)C)[C@@H](C)[C@@H](C)[C@H]3O2)O1. The zero-order valence-corrected chi connectivity index (χ0v) is 42.5. The van der Waals surface area contributed by atoms with Crippen LogP contribution in [0.3, 0.4) is 0 Å². The molecule has 60 heavy (non-hydrogen) atoms. The Bertz CT molecular complexity index is 1470. The summed E-state index contributed by atoms with van der Waals surface area (Å²) in [6, 6.07) is 0. The highest BCUT2D eigenvalue weighted by Crippen LogP contribution is 2.46. The molecule has 10 heteroatoms. The highest BCUT2D eigenvalue weighted by molar-refractivity contribution is 14.1. The highest BCUT2D eigenvalue weighted by Gasteiger charge is 2.50. The van der Waals surface area contributed by atoms with Crippen LogP contribution in [0.4, 0.5) is 0 Å². The van der Waals surface area contributed by atoms with E-state index in [4.69, 9.17) is 28.1 Å². The Hall–Kier alpha value is -0.733. The molecule has 0 bridgehead atoms. The van der Waals surface area contributed by atoms with E-state index in [2.05, 4.69) is 121 Å². The lowest BCUT2D eigenvalue weighted by Crippen LogP contribution is -2.58. The van der Waals surface area contributed by atoms with E-state index in [0.29, 0.717) is 31.1 Å². The molecule has 5 saturated heterocycles. The fourth-order valence-electron chi connectivity index (χ4n) is 10.5. The molecule has 8 nitrogen and oxygen atoms in total. The number of rotatable bonds is 19. The monoisotopic (exact) mass is 966 g/mol. The molecule has 5 aliphatic rings. The van der Waals surface area contributed by atoms with Crippen LogP contribution in [-0.2, 0) is 37.7 Å². The average molecular weight is 967 g/mol. The van der Waals surface area contributed by atoms with Gasteiger partial charge in [-0.25, -0.2) is 0 Å². The van der Waals surface area contributed by atoms with Crippen LogP contribution in [-0.4, -0.2) is 87.5 Å². The molecule has 0 N–H and O–H groups in total. The standard InChI is InChI=1S/C50H83IO8Si/c1-14-30(2)24-45-36(8)41(47(57-45)29-46-33(5)31(3)25-39(55-46)17-19-42-32(4)26-38(54-42)16-15-23-52)28-37(53)27-40-18-20-43-48(56-40)34(6)35(7)49(58-43)44(21-22-51)59-60(12,13)50(9,10)11/h21-23,30-31,34-36,38-49H,4-5,14-20,24-29H2,1-3,6-13H3/b22-21+/t30-,31-,34-,35+,36-,38+,39+,40-,41-,42?,43+,44+,45-,46?,47+,48-,49-/m1/s1. The van der Waals surface area contributed by atoms with Crippen molar-refractivity contribution in [3.05, 3.63) is 34.5 Å². The molecule has 0 saturated carbocycles. The maximum absolute atomic E-state index is 14.2. The molecule has 5 heterocycles. The fraction of sp³-hybridized carbons (Fsp3) is 0.840. The zero-order valence-electron chi connectivity index (χ0n) is 39.3. The van der Waals surface area contributed by atoms with Gasteiger partial charge >= 0.3 is 0 Å². The molecule has 0 radical (unpaired) electrons. The number of ether oxygens (including phenoxy) is 5. The Kier molecular flexibility index (Phi) is 18.4. The topological polar surface area (TPSA) is 89.5 Å². The van der Waals surface area contributed by atoms with E-state index in [-0.39, 0.29) is 102 Å². The second-order valence-electron chi connectivity index (χ2n) is 21.4. The van der Waals surface area contributed by atoms with E-state index in [0.717, 1.165) is 81.6 Å². The maximum Gasteiger partial charge on any atom is 0.193 e. The van der Waals surface area contributed by atoms with Crippen LogP contribution in [0.25, 0.3) is 0 Å². The third-order valence-electron chi connectivity index (χ3n) is 16.0. The number of hydrogen-bond donors (Lipinski definition) is 0. The maximum atomic E-state index is 14.2. The van der Waals surface area contributed by atoms with Gasteiger partial charge in [0.25, 0.3) is 0 Å². The van der Waals surface area contributed by atoms with Crippen molar-refractivity contribution in [1.82, 2.24) is 0 Å². The first-order valence-corrected chi connectivity index (χ1v) is 28.0. The molecule has 0 aliphatic carbocycles. The van der Waals surface area contributed by atoms with Gasteiger partial charge in [-0.3, -0.25) is 4.79 Å². The van der Waals surface area contributed by atoms with Crippen molar-refractivity contribution in [1.29, 1.82) is 0 Å². The third kappa shape index (κ3) is 12.5. The third-order valence-corrected chi connectivity index (χ3v) is 20.9. The summed E-state index contributed by atoms with van der Waals surface area (Å²) < 4.78 is 43.0. The predicted molar refractivity (Wildman–Crippen MR) is 253 cm³/mol. The molecule has 0 spiro atoms. The van der Waals surface area contributed by atoms with Crippen molar-refractivity contribution in [2.45, 2.75) is 231 Å². The van der Waals surface area contributed by atoms with Crippen LogP contribution < -0.4 is 0 Å². The number of ketones is 1. The van der Waals surface area contributed by atoms with Crippen LogP contribution in [0.2, 0.25) is 18.1 Å². The highest BCUT2D eigenvalue weighted by atomic mass is 127. The molecule has 0 aromatic heterocycles. The average Bonchev–Trinajstić information content (AvgIpc) is 3.68. The smallest absolute Gasteiger partial charge is 0.193 e. The van der Waals surface area contributed by atoms with E-state index in [1.807, 2.05) is 0 Å². The summed E-state index contributed by atoms with van der Waals surface area (Å²) in [5, 5.41) is 0.105. The Morgan fingerprint density at radius 1 is 0.900 bits per heavy atom. The van der Waals surface area contributed by atoms with Crippen molar-refractivity contribution >= 4 is 43.0 Å². The summed E-state index contributed by atoms with van der Waals surface area (Å²) >= 11 is 2.30. The molecule has 5 fully saturated rings. The molecule has 17 atom stereocenters. The molecule has 342 valence electrons. The van der Waals surface area contributed by atoms with Gasteiger partial charge in [0.1, 0.15) is 12.1 Å². The van der Waals surface area contributed by atoms with Crippen molar-refractivity contribution in [3.8, 4) is 0 Å². The molecule has 0 aromatic carbocycles. The number of halogens is 1. The second-order valence-corrected chi connectivity index (χ2v) is 26.9. The molecular formula is C50H83IO8Si. The largest absolute Gasteiger partial charge is 0.408 e. The van der Waals surface area contributed by atoms with E-state index >= 15 is 0 Å². The van der Waals surface area contributed by atoms with Gasteiger partial charge in [-0.05, 0) is 126 Å². The van der Waals surface area contributed by atoms with Crippen LogP contribution in [0.1, 0.15) is 146 Å². The van der Waals surface area contributed by atoms with E-state index < -0.39 is 8.32 Å². The number of hydrogen-bond acceptors (Lipinski definition) is 8. The number of aldehydes is 1. The van der Waals surface area contributed by atoms with Gasteiger partial charge in [-0.2, -0.15) is 0 Å². The van der Waals surface area contributed by atoms with Crippen molar-refractivity contribution in [2.24, 2.45) is 35.5 Å². The number of carbonyl (C=O) groups is 2. The van der Waals surface area contributed by atoms with Crippen LogP contribution in [0, 0.1) is 35.5 Å². The van der Waals surface area contributed by atoms with Crippen LogP contribution in [0.5, 0.6) is 0 Å². The Morgan fingerprint density at radius 2 is 1.62 bits per heavy atom. The molecule has 0 amide bonds. The normalized spacial score (nSPS) is 38.9. The minimum absolute atomic E-state index is 0.000668. The number of Topliss-reactive ketones (excluding diaryl/α,β-unsaturated/α-hetero) is 1. The summed E-state index contributed by atoms with van der Waals surface area (Å²) in [6.45, 7) is 34.1. The van der Waals surface area contributed by atoms with Gasteiger partial charge in [-0.1, -0.05) is 104 Å². The van der Waals surface area contributed by atoms with Crippen molar-refractivity contribution in [3.63, 3.8) is 0 Å².